The number of rotatable bonds is 3. The van der Waals surface area contributed by atoms with Gasteiger partial charge in [0.15, 0.2) is 0 Å². The van der Waals surface area contributed by atoms with Crippen molar-refractivity contribution in [2.45, 2.75) is 76.7 Å². The third-order valence-electron chi connectivity index (χ3n) is 7.13. The largest absolute Gasteiger partial charge is 0.345 e. The van der Waals surface area contributed by atoms with Gasteiger partial charge in [0.25, 0.3) is 5.91 Å². The molecule has 1 amide bonds. The average molecular weight is 327 g/mol. The second kappa shape index (κ2) is 4.44. The molecule has 130 valence electrons. The van der Waals surface area contributed by atoms with Crippen LogP contribution in [0.3, 0.4) is 0 Å². The predicted molar refractivity (Wildman–Crippen MR) is 92.8 cm³/mol. The minimum atomic E-state index is 0.0179. The summed E-state index contributed by atoms with van der Waals surface area (Å²) in [4.78, 5) is 13.0. The van der Waals surface area contributed by atoms with E-state index in [2.05, 4.69) is 24.3 Å². The van der Waals surface area contributed by atoms with Gasteiger partial charge in [0, 0.05) is 18.5 Å². The number of nitrogens with one attached hydrogen (secondary N) is 1. The van der Waals surface area contributed by atoms with Gasteiger partial charge in [0.1, 0.15) is 5.69 Å². The summed E-state index contributed by atoms with van der Waals surface area (Å²) < 4.78 is 1.78. The number of carbonyl (C=O) groups excluding carboxylic acids is 1. The fourth-order valence-corrected chi connectivity index (χ4v) is 7.17. The minimum Gasteiger partial charge on any atom is -0.345 e. The monoisotopic (exact) mass is 327 g/mol. The van der Waals surface area contributed by atoms with Crippen molar-refractivity contribution in [2.24, 2.45) is 23.8 Å². The van der Waals surface area contributed by atoms with Gasteiger partial charge in [-0.25, -0.2) is 0 Å². The molecule has 0 saturated heterocycles. The predicted octanol–water partition coefficient (Wildman–Crippen LogP) is 3.78. The molecule has 24 heavy (non-hydrogen) atoms. The van der Waals surface area contributed by atoms with Crippen molar-refractivity contribution in [1.82, 2.24) is 15.1 Å². The maximum absolute atomic E-state index is 13.0. The van der Waals surface area contributed by atoms with Gasteiger partial charge in [-0.05, 0) is 74.2 Å². The van der Waals surface area contributed by atoms with Crippen LogP contribution in [0.2, 0.25) is 0 Å². The minimum absolute atomic E-state index is 0.0179. The molecule has 0 spiro atoms. The van der Waals surface area contributed by atoms with Crippen molar-refractivity contribution in [3.05, 3.63) is 17.5 Å². The molecule has 2 atom stereocenters. The lowest BCUT2D eigenvalue weighted by Crippen LogP contribution is -2.65. The molecule has 1 N–H and O–H groups in total. The van der Waals surface area contributed by atoms with Gasteiger partial charge >= 0.3 is 0 Å². The molecule has 6 rings (SSSR count). The molecule has 1 heterocycles. The van der Waals surface area contributed by atoms with Gasteiger partial charge in [-0.15, -0.1) is 0 Å². The summed E-state index contributed by atoms with van der Waals surface area (Å²) in [6.07, 6.45) is 10.00. The molecule has 4 bridgehead atoms. The van der Waals surface area contributed by atoms with Gasteiger partial charge in [-0.1, -0.05) is 13.8 Å². The zero-order valence-corrected chi connectivity index (χ0v) is 15.2. The van der Waals surface area contributed by atoms with Crippen LogP contribution in [0, 0.1) is 16.7 Å². The van der Waals surface area contributed by atoms with Crippen molar-refractivity contribution >= 4 is 5.91 Å². The van der Waals surface area contributed by atoms with E-state index in [0.29, 0.717) is 16.7 Å². The topological polar surface area (TPSA) is 46.9 Å². The first-order valence-corrected chi connectivity index (χ1v) is 9.64. The van der Waals surface area contributed by atoms with Crippen LogP contribution in [0.1, 0.15) is 87.3 Å². The summed E-state index contributed by atoms with van der Waals surface area (Å²) in [7, 11) is 1.91. The van der Waals surface area contributed by atoms with E-state index in [-0.39, 0.29) is 11.4 Å². The lowest BCUT2D eigenvalue weighted by atomic mass is 9.43. The van der Waals surface area contributed by atoms with Crippen LogP contribution >= 0.6 is 0 Å². The Labute approximate surface area is 144 Å². The van der Waals surface area contributed by atoms with Crippen LogP contribution in [0.4, 0.5) is 0 Å². The first kappa shape index (κ1) is 15.0. The molecular weight excluding hydrogens is 298 g/mol. The highest BCUT2D eigenvalue weighted by Gasteiger charge is 2.60. The third kappa shape index (κ3) is 2.25. The Morgan fingerprint density at radius 3 is 2.42 bits per heavy atom. The zero-order valence-electron chi connectivity index (χ0n) is 15.2. The van der Waals surface area contributed by atoms with Crippen molar-refractivity contribution in [2.75, 3.05) is 0 Å². The van der Waals surface area contributed by atoms with E-state index >= 15 is 0 Å². The number of aromatic nitrogens is 2. The van der Waals surface area contributed by atoms with Gasteiger partial charge < -0.3 is 5.32 Å². The highest BCUT2D eigenvalue weighted by molar-refractivity contribution is 5.93. The van der Waals surface area contributed by atoms with E-state index in [9.17, 15) is 4.79 Å². The van der Waals surface area contributed by atoms with Crippen LogP contribution in [0.15, 0.2) is 6.07 Å². The molecule has 0 aliphatic heterocycles. The first-order valence-electron chi connectivity index (χ1n) is 9.64. The quantitative estimate of drug-likeness (QED) is 0.918. The standard InChI is InChI=1S/C20H29N3O/c1-18-7-13-8-19(2,10-18)12-20(9-13,11-18)21-17(24)16-6-15(14-4-5-14)22-23(16)3/h6,13-14H,4-5,7-12H2,1-3H3,(H,21,24). The molecule has 5 aliphatic carbocycles. The first-order chi connectivity index (χ1) is 11.3. The fourth-order valence-electron chi connectivity index (χ4n) is 7.17. The van der Waals surface area contributed by atoms with Crippen molar-refractivity contribution in [3.8, 4) is 0 Å². The van der Waals surface area contributed by atoms with Gasteiger partial charge in [0.05, 0.1) is 5.69 Å². The van der Waals surface area contributed by atoms with Crippen LogP contribution in [0.5, 0.6) is 0 Å². The van der Waals surface area contributed by atoms with E-state index in [4.69, 9.17) is 0 Å². The normalized spacial score (nSPS) is 43.2. The number of hydrogen-bond acceptors (Lipinski definition) is 2. The summed E-state index contributed by atoms with van der Waals surface area (Å²) in [6, 6.07) is 2.02. The molecule has 2 unspecified atom stereocenters. The Bertz CT molecular complexity index is 698. The Kier molecular flexibility index (Phi) is 2.77. The van der Waals surface area contributed by atoms with E-state index < -0.39 is 0 Å². The molecule has 4 heteroatoms. The van der Waals surface area contributed by atoms with Gasteiger partial charge in [-0.3, -0.25) is 9.48 Å². The van der Waals surface area contributed by atoms with Crippen LogP contribution in [-0.4, -0.2) is 21.2 Å². The highest BCUT2D eigenvalue weighted by Crippen LogP contribution is 2.66. The lowest BCUT2D eigenvalue weighted by Gasteiger charge is -2.65. The third-order valence-corrected chi connectivity index (χ3v) is 7.13. The summed E-state index contributed by atoms with van der Waals surface area (Å²) in [5.41, 5.74) is 2.71. The Morgan fingerprint density at radius 2 is 1.83 bits per heavy atom. The number of amides is 1. The molecular formula is C20H29N3O. The van der Waals surface area contributed by atoms with E-state index in [1.807, 2.05) is 13.1 Å². The van der Waals surface area contributed by atoms with Gasteiger partial charge in [-0.2, -0.15) is 5.10 Å². The molecule has 4 nitrogen and oxygen atoms in total. The van der Waals surface area contributed by atoms with E-state index in [1.165, 1.54) is 38.5 Å². The summed E-state index contributed by atoms with van der Waals surface area (Å²) in [6.45, 7) is 4.90. The molecule has 1 aromatic heterocycles. The van der Waals surface area contributed by atoms with E-state index in [0.717, 1.165) is 30.1 Å². The maximum Gasteiger partial charge on any atom is 0.269 e. The number of nitrogens with zero attached hydrogens (tertiary/aromatic N) is 2. The number of carbonyl (C=O) groups is 1. The molecule has 1 aromatic rings. The Hall–Kier alpha value is -1.32. The molecule has 0 aromatic carbocycles. The molecule has 5 saturated carbocycles. The van der Waals surface area contributed by atoms with Gasteiger partial charge in [0.2, 0.25) is 0 Å². The summed E-state index contributed by atoms with van der Waals surface area (Å²) >= 11 is 0. The van der Waals surface area contributed by atoms with Crippen molar-refractivity contribution in [3.63, 3.8) is 0 Å². The molecule has 5 aliphatic rings. The van der Waals surface area contributed by atoms with Crippen LogP contribution in [-0.2, 0) is 7.05 Å². The number of aryl methyl sites for hydroxylation is 1. The zero-order chi connectivity index (χ0) is 16.7. The van der Waals surface area contributed by atoms with Crippen LogP contribution in [0.25, 0.3) is 0 Å². The second-order valence-corrected chi connectivity index (χ2v) is 10.2. The fraction of sp³-hybridized carbons (Fsp3) is 0.800. The highest BCUT2D eigenvalue weighted by atomic mass is 16.2. The lowest BCUT2D eigenvalue weighted by molar-refractivity contribution is -0.114. The second-order valence-electron chi connectivity index (χ2n) is 10.2. The van der Waals surface area contributed by atoms with Crippen molar-refractivity contribution < 1.29 is 4.79 Å². The molecule has 0 radical (unpaired) electrons. The SMILES string of the molecule is Cn1nc(C2CC2)cc1C(=O)NC12CC3CC(C)(CC(C)(C3)C1)C2. The summed E-state index contributed by atoms with van der Waals surface area (Å²) in [5.74, 6) is 1.48. The summed E-state index contributed by atoms with van der Waals surface area (Å²) in [5, 5.41) is 8.08. The maximum atomic E-state index is 13.0. The van der Waals surface area contributed by atoms with E-state index in [1.54, 1.807) is 4.68 Å². The number of hydrogen-bond donors (Lipinski definition) is 1. The molecule has 5 fully saturated rings. The average Bonchev–Trinajstić information content (AvgIpc) is 3.17. The van der Waals surface area contributed by atoms with Crippen molar-refractivity contribution in [1.29, 1.82) is 0 Å². The van der Waals surface area contributed by atoms with Crippen LogP contribution < -0.4 is 5.32 Å². The Balaban J connectivity index is 1.42. The smallest absolute Gasteiger partial charge is 0.269 e. The Morgan fingerprint density at radius 1 is 1.17 bits per heavy atom.